The van der Waals surface area contributed by atoms with E-state index in [0.29, 0.717) is 11.6 Å². The summed E-state index contributed by atoms with van der Waals surface area (Å²) in [7, 11) is 0. The third-order valence-corrected chi connectivity index (χ3v) is 4.94. The van der Waals surface area contributed by atoms with Crippen molar-refractivity contribution in [3.63, 3.8) is 0 Å². The normalized spacial score (nSPS) is 11.4. The standard InChI is InChI=1S/C23H17F5N4O2/c1-12-20-15(21(25)26)10-17(13-5-3-2-4-6-13)30-22(20)32(31-12)11-19(33)29-16-8-7-14(24)9-18(16)34-23(27)28/h2-10,21,23H,11H2,1H3,(H,29,33). The van der Waals surface area contributed by atoms with Gasteiger partial charge in [-0.1, -0.05) is 30.3 Å². The molecule has 0 unspecified atom stereocenters. The Labute approximate surface area is 190 Å². The molecule has 0 aliphatic carbocycles. The van der Waals surface area contributed by atoms with Gasteiger partial charge in [0.2, 0.25) is 5.91 Å². The number of aromatic nitrogens is 3. The molecule has 0 radical (unpaired) electrons. The van der Waals surface area contributed by atoms with Crippen molar-refractivity contribution >= 4 is 22.6 Å². The van der Waals surface area contributed by atoms with Crippen LogP contribution < -0.4 is 10.1 Å². The molecule has 4 aromatic rings. The Bertz CT molecular complexity index is 1340. The lowest BCUT2D eigenvalue weighted by Gasteiger charge is -2.12. The number of fused-ring (bicyclic) bond motifs is 1. The maximum atomic E-state index is 13.9. The SMILES string of the molecule is Cc1nn(CC(=O)Nc2ccc(F)cc2OC(F)F)c2nc(-c3ccccc3)cc(C(F)F)c12. The molecule has 2 heterocycles. The quantitative estimate of drug-likeness (QED) is 0.346. The Morgan fingerprint density at radius 2 is 1.82 bits per heavy atom. The molecule has 0 bridgehead atoms. The number of aryl methyl sites for hydroxylation is 1. The lowest BCUT2D eigenvalue weighted by Crippen LogP contribution is -2.20. The zero-order valence-corrected chi connectivity index (χ0v) is 17.6. The summed E-state index contributed by atoms with van der Waals surface area (Å²) in [6, 6.07) is 12.7. The predicted octanol–water partition coefficient (Wildman–Crippen LogP) is 5.72. The molecule has 0 spiro atoms. The summed E-state index contributed by atoms with van der Waals surface area (Å²) in [5.41, 5.74) is 0.712. The Morgan fingerprint density at radius 3 is 2.50 bits per heavy atom. The van der Waals surface area contributed by atoms with Crippen molar-refractivity contribution in [1.29, 1.82) is 0 Å². The molecule has 6 nitrogen and oxygen atoms in total. The number of pyridine rings is 1. The van der Waals surface area contributed by atoms with E-state index >= 15 is 0 Å². The fourth-order valence-electron chi connectivity index (χ4n) is 3.54. The number of anilines is 1. The highest BCUT2D eigenvalue weighted by Crippen LogP contribution is 2.33. The summed E-state index contributed by atoms with van der Waals surface area (Å²) in [6.07, 6.45) is -2.81. The molecule has 0 saturated heterocycles. The number of nitrogens with one attached hydrogen (secondary N) is 1. The molecular formula is C23H17F5N4O2. The first-order chi connectivity index (χ1) is 16.2. The number of halogens is 5. The second-order valence-corrected chi connectivity index (χ2v) is 7.27. The molecule has 11 heteroatoms. The van der Waals surface area contributed by atoms with E-state index in [1.165, 1.54) is 13.0 Å². The van der Waals surface area contributed by atoms with Gasteiger partial charge in [0, 0.05) is 17.2 Å². The molecular weight excluding hydrogens is 459 g/mol. The average Bonchev–Trinajstić information content (AvgIpc) is 3.10. The molecule has 0 saturated carbocycles. The van der Waals surface area contributed by atoms with Gasteiger partial charge in [0.1, 0.15) is 12.4 Å². The zero-order valence-electron chi connectivity index (χ0n) is 17.6. The number of nitrogens with zero attached hydrogens (tertiary/aromatic N) is 3. The van der Waals surface area contributed by atoms with Crippen molar-refractivity contribution in [2.75, 3.05) is 5.32 Å². The molecule has 1 amide bonds. The fourth-order valence-corrected chi connectivity index (χ4v) is 3.54. The van der Waals surface area contributed by atoms with Gasteiger partial charge in [-0.15, -0.1) is 0 Å². The maximum Gasteiger partial charge on any atom is 0.387 e. The fraction of sp³-hybridized carbons (Fsp3) is 0.174. The smallest absolute Gasteiger partial charge is 0.387 e. The van der Waals surface area contributed by atoms with Crippen LogP contribution in [-0.4, -0.2) is 27.3 Å². The van der Waals surface area contributed by atoms with Gasteiger partial charge >= 0.3 is 6.61 Å². The van der Waals surface area contributed by atoms with Crippen LogP contribution in [0.1, 0.15) is 17.7 Å². The zero-order chi connectivity index (χ0) is 24.4. The topological polar surface area (TPSA) is 69.0 Å². The van der Waals surface area contributed by atoms with Gasteiger partial charge in [0.25, 0.3) is 6.43 Å². The van der Waals surface area contributed by atoms with Gasteiger partial charge < -0.3 is 10.1 Å². The minimum atomic E-state index is -3.23. The van der Waals surface area contributed by atoms with Crippen LogP contribution in [0.5, 0.6) is 5.75 Å². The molecule has 4 rings (SSSR count). The van der Waals surface area contributed by atoms with E-state index in [-0.39, 0.29) is 33.7 Å². The van der Waals surface area contributed by atoms with Crippen LogP contribution in [0, 0.1) is 12.7 Å². The van der Waals surface area contributed by atoms with Crippen molar-refractivity contribution in [1.82, 2.24) is 14.8 Å². The van der Waals surface area contributed by atoms with Crippen LogP contribution in [-0.2, 0) is 11.3 Å². The van der Waals surface area contributed by atoms with E-state index in [1.807, 2.05) is 0 Å². The van der Waals surface area contributed by atoms with Gasteiger partial charge in [-0.05, 0) is 25.1 Å². The average molecular weight is 476 g/mol. The number of carbonyl (C=O) groups excluding carboxylic acids is 1. The highest BCUT2D eigenvalue weighted by atomic mass is 19.3. The Morgan fingerprint density at radius 1 is 1.09 bits per heavy atom. The first-order valence-corrected chi connectivity index (χ1v) is 9.98. The van der Waals surface area contributed by atoms with E-state index in [9.17, 15) is 26.7 Å². The summed E-state index contributed by atoms with van der Waals surface area (Å²) >= 11 is 0. The summed E-state index contributed by atoms with van der Waals surface area (Å²) in [5, 5.41) is 6.65. The Kier molecular flexibility index (Phi) is 6.44. The third kappa shape index (κ3) is 4.82. The van der Waals surface area contributed by atoms with Crippen LogP contribution in [0.25, 0.3) is 22.3 Å². The second-order valence-electron chi connectivity index (χ2n) is 7.27. The van der Waals surface area contributed by atoms with Crippen molar-refractivity contribution in [3.05, 3.63) is 71.7 Å². The van der Waals surface area contributed by atoms with E-state index < -0.39 is 37.1 Å². The number of alkyl halides is 4. The van der Waals surface area contributed by atoms with Gasteiger partial charge in [0.15, 0.2) is 11.4 Å². The van der Waals surface area contributed by atoms with Crippen molar-refractivity contribution < 1.29 is 31.5 Å². The molecule has 0 fully saturated rings. The molecule has 1 N–H and O–H groups in total. The molecule has 0 atom stereocenters. The largest absolute Gasteiger partial charge is 0.432 e. The van der Waals surface area contributed by atoms with Gasteiger partial charge in [0.05, 0.1) is 22.5 Å². The van der Waals surface area contributed by atoms with E-state index in [2.05, 4.69) is 20.1 Å². The first-order valence-electron chi connectivity index (χ1n) is 9.98. The van der Waals surface area contributed by atoms with E-state index in [1.54, 1.807) is 30.3 Å². The Balaban J connectivity index is 1.70. The Hall–Kier alpha value is -4.02. The molecule has 34 heavy (non-hydrogen) atoms. The minimum Gasteiger partial charge on any atom is -0.432 e. The van der Waals surface area contributed by atoms with Crippen LogP contribution >= 0.6 is 0 Å². The lowest BCUT2D eigenvalue weighted by molar-refractivity contribution is -0.116. The predicted molar refractivity (Wildman–Crippen MR) is 114 cm³/mol. The highest BCUT2D eigenvalue weighted by Gasteiger charge is 2.22. The van der Waals surface area contributed by atoms with Gasteiger partial charge in [-0.2, -0.15) is 13.9 Å². The van der Waals surface area contributed by atoms with Crippen molar-refractivity contribution in [2.24, 2.45) is 0 Å². The van der Waals surface area contributed by atoms with Gasteiger partial charge in [-0.25, -0.2) is 22.8 Å². The summed E-state index contributed by atoms with van der Waals surface area (Å²) in [6.45, 7) is -2.19. The molecule has 0 aliphatic rings. The van der Waals surface area contributed by atoms with Crippen LogP contribution in [0.3, 0.4) is 0 Å². The number of benzene rings is 2. The molecule has 176 valence electrons. The van der Waals surface area contributed by atoms with Crippen LogP contribution in [0.15, 0.2) is 54.6 Å². The number of amides is 1. The molecule has 2 aromatic carbocycles. The number of ether oxygens (including phenoxy) is 1. The second kappa shape index (κ2) is 9.46. The maximum absolute atomic E-state index is 13.9. The van der Waals surface area contributed by atoms with E-state index in [0.717, 1.165) is 16.8 Å². The number of carbonyl (C=O) groups is 1. The lowest BCUT2D eigenvalue weighted by atomic mass is 10.1. The molecule has 2 aromatic heterocycles. The number of hydrogen-bond donors (Lipinski definition) is 1. The summed E-state index contributed by atoms with van der Waals surface area (Å²) in [5.74, 6) is -2.13. The van der Waals surface area contributed by atoms with Crippen molar-refractivity contribution in [3.8, 4) is 17.0 Å². The summed E-state index contributed by atoms with van der Waals surface area (Å²) in [4.78, 5) is 17.1. The number of rotatable bonds is 7. The monoisotopic (exact) mass is 476 g/mol. The minimum absolute atomic E-state index is 0.0625. The molecule has 0 aliphatic heterocycles. The van der Waals surface area contributed by atoms with Crippen LogP contribution in [0.2, 0.25) is 0 Å². The van der Waals surface area contributed by atoms with E-state index in [4.69, 9.17) is 0 Å². The van der Waals surface area contributed by atoms with Crippen LogP contribution in [0.4, 0.5) is 27.6 Å². The first kappa shape index (κ1) is 23.1. The van der Waals surface area contributed by atoms with Crippen molar-refractivity contribution in [2.45, 2.75) is 26.5 Å². The highest BCUT2D eigenvalue weighted by molar-refractivity contribution is 5.93. The number of hydrogen-bond acceptors (Lipinski definition) is 4. The third-order valence-electron chi connectivity index (χ3n) is 4.94. The van der Waals surface area contributed by atoms with Gasteiger partial charge in [-0.3, -0.25) is 4.79 Å². The summed E-state index contributed by atoms with van der Waals surface area (Å²) < 4.78 is 71.8.